The van der Waals surface area contributed by atoms with E-state index in [1.807, 2.05) is 4.90 Å². The Labute approximate surface area is 120 Å². The third kappa shape index (κ3) is 2.39. The van der Waals surface area contributed by atoms with Gasteiger partial charge in [-0.3, -0.25) is 5.10 Å². The number of hydrogen-bond acceptors (Lipinski definition) is 6. The number of nitrogens with one attached hydrogen (secondary N) is 1. The second-order valence-corrected chi connectivity index (χ2v) is 4.76. The average molecular weight is 287 g/mol. The molecule has 0 bridgehead atoms. The molecule has 0 saturated carbocycles. The quantitative estimate of drug-likeness (QED) is 0.856. The Morgan fingerprint density at radius 1 is 1.62 bits per heavy atom. The first kappa shape index (κ1) is 13.3. The van der Waals surface area contributed by atoms with Crippen molar-refractivity contribution < 1.29 is 14.6 Å². The molecule has 0 aromatic carbocycles. The molecule has 3 heterocycles. The van der Waals surface area contributed by atoms with Gasteiger partial charge in [-0.1, -0.05) is 0 Å². The molecule has 2 aromatic heterocycles. The number of morpholine rings is 1. The molecule has 0 aliphatic carbocycles. The summed E-state index contributed by atoms with van der Waals surface area (Å²) in [7, 11) is 0. The lowest BCUT2D eigenvalue weighted by Crippen LogP contribution is -2.43. The predicted octanol–water partition coefficient (Wildman–Crippen LogP) is 0.775. The van der Waals surface area contributed by atoms with Crippen LogP contribution in [0, 0.1) is 11.3 Å². The molecule has 1 unspecified atom stereocenters. The number of aromatic amines is 1. The first-order chi connectivity index (χ1) is 10.2. The van der Waals surface area contributed by atoms with Gasteiger partial charge in [0.2, 0.25) is 0 Å². The number of carboxylic acid groups (broad SMARTS) is 1. The summed E-state index contributed by atoms with van der Waals surface area (Å²) < 4.78 is 5.51. The fourth-order valence-electron chi connectivity index (χ4n) is 2.53. The Bertz CT molecular complexity index is 720. The first-order valence-corrected chi connectivity index (χ1v) is 6.49. The molecule has 1 aliphatic rings. The number of carboxylic acids is 1. The minimum absolute atomic E-state index is 0.126. The lowest BCUT2D eigenvalue weighted by molar-refractivity contribution is 0.0437. The molecule has 8 heteroatoms. The van der Waals surface area contributed by atoms with Gasteiger partial charge in [0.15, 0.2) is 5.65 Å². The van der Waals surface area contributed by atoms with Crippen molar-refractivity contribution in [1.29, 1.82) is 5.26 Å². The number of ether oxygens (including phenoxy) is 1. The average Bonchev–Trinajstić information content (AvgIpc) is 2.95. The molecule has 0 spiro atoms. The van der Waals surface area contributed by atoms with Crippen LogP contribution in [-0.2, 0) is 4.74 Å². The lowest BCUT2D eigenvalue weighted by atomic mass is 10.1. The van der Waals surface area contributed by atoms with Crippen LogP contribution < -0.4 is 4.90 Å². The second-order valence-electron chi connectivity index (χ2n) is 4.76. The van der Waals surface area contributed by atoms with Crippen molar-refractivity contribution in [3.05, 3.63) is 18.0 Å². The second kappa shape index (κ2) is 5.38. The Kier molecular flexibility index (Phi) is 3.41. The molecule has 2 N–H and O–H groups in total. The standard InChI is InChI=1S/C13H13N5O3/c14-2-1-8-7-18(3-4-21-8)11-9-6-16-17-12(9)15-5-10(11)13(19)20/h5-6,8H,1,3-4,7H2,(H,19,20)(H,15,16,17). The maximum absolute atomic E-state index is 11.5. The van der Waals surface area contributed by atoms with E-state index in [9.17, 15) is 9.90 Å². The van der Waals surface area contributed by atoms with Crippen LogP contribution in [0.5, 0.6) is 0 Å². The van der Waals surface area contributed by atoms with Crippen molar-refractivity contribution in [2.45, 2.75) is 12.5 Å². The molecule has 0 amide bonds. The van der Waals surface area contributed by atoms with Crippen molar-refractivity contribution in [3.63, 3.8) is 0 Å². The first-order valence-electron chi connectivity index (χ1n) is 6.49. The number of aromatic carboxylic acids is 1. The van der Waals surface area contributed by atoms with Gasteiger partial charge in [0.25, 0.3) is 0 Å². The van der Waals surface area contributed by atoms with Gasteiger partial charge in [0.05, 0.1) is 42.5 Å². The molecule has 1 fully saturated rings. The number of pyridine rings is 1. The van der Waals surface area contributed by atoms with E-state index < -0.39 is 5.97 Å². The van der Waals surface area contributed by atoms with Gasteiger partial charge in [-0.05, 0) is 0 Å². The van der Waals surface area contributed by atoms with Crippen molar-refractivity contribution in [3.8, 4) is 6.07 Å². The van der Waals surface area contributed by atoms with Gasteiger partial charge in [-0.2, -0.15) is 10.4 Å². The largest absolute Gasteiger partial charge is 0.478 e. The van der Waals surface area contributed by atoms with Gasteiger partial charge in [0.1, 0.15) is 5.56 Å². The van der Waals surface area contributed by atoms with E-state index in [1.54, 1.807) is 6.20 Å². The van der Waals surface area contributed by atoms with Crippen LogP contribution in [0.1, 0.15) is 16.8 Å². The van der Waals surface area contributed by atoms with Crippen molar-refractivity contribution in [1.82, 2.24) is 15.2 Å². The maximum Gasteiger partial charge on any atom is 0.339 e. The topological polar surface area (TPSA) is 115 Å². The number of anilines is 1. The highest BCUT2D eigenvalue weighted by Gasteiger charge is 2.26. The van der Waals surface area contributed by atoms with Crippen LogP contribution in [0.3, 0.4) is 0 Å². The zero-order chi connectivity index (χ0) is 14.8. The molecule has 8 nitrogen and oxygen atoms in total. The Morgan fingerprint density at radius 3 is 3.24 bits per heavy atom. The highest BCUT2D eigenvalue weighted by atomic mass is 16.5. The molecular formula is C13H13N5O3. The third-order valence-electron chi connectivity index (χ3n) is 3.46. The van der Waals surface area contributed by atoms with Crippen LogP contribution in [-0.4, -0.2) is 52.1 Å². The number of carbonyl (C=O) groups is 1. The Balaban J connectivity index is 2.05. The molecule has 2 aromatic rings. The SMILES string of the molecule is N#CCC1CN(c2c(C(=O)O)cnc3[nH]ncc23)CCO1. The number of nitriles is 1. The minimum Gasteiger partial charge on any atom is -0.478 e. The summed E-state index contributed by atoms with van der Waals surface area (Å²) in [6, 6.07) is 2.08. The summed E-state index contributed by atoms with van der Waals surface area (Å²) in [4.78, 5) is 17.4. The van der Waals surface area contributed by atoms with E-state index in [4.69, 9.17) is 10.00 Å². The van der Waals surface area contributed by atoms with E-state index in [0.29, 0.717) is 36.4 Å². The van der Waals surface area contributed by atoms with Gasteiger partial charge >= 0.3 is 5.97 Å². The molecule has 21 heavy (non-hydrogen) atoms. The predicted molar refractivity (Wildman–Crippen MR) is 73.0 cm³/mol. The van der Waals surface area contributed by atoms with E-state index in [0.717, 1.165) is 0 Å². The van der Waals surface area contributed by atoms with Crippen LogP contribution in [0.2, 0.25) is 0 Å². The summed E-state index contributed by atoms with van der Waals surface area (Å²) in [6.07, 6.45) is 2.95. The summed E-state index contributed by atoms with van der Waals surface area (Å²) in [5, 5.41) is 25.5. The van der Waals surface area contributed by atoms with Gasteiger partial charge < -0.3 is 14.7 Å². The zero-order valence-corrected chi connectivity index (χ0v) is 11.1. The smallest absolute Gasteiger partial charge is 0.339 e. The van der Waals surface area contributed by atoms with Crippen LogP contribution >= 0.6 is 0 Å². The monoisotopic (exact) mass is 287 g/mol. The summed E-state index contributed by atoms with van der Waals surface area (Å²) in [6.45, 7) is 1.48. The zero-order valence-electron chi connectivity index (χ0n) is 11.1. The molecular weight excluding hydrogens is 274 g/mol. The number of aromatic nitrogens is 3. The van der Waals surface area contributed by atoms with Crippen LogP contribution in [0.25, 0.3) is 11.0 Å². The number of nitrogens with zero attached hydrogens (tertiary/aromatic N) is 4. The molecule has 3 rings (SSSR count). The van der Waals surface area contributed by atoms with Crippen LogP contribution in [0.4, 0.5) is 5.69 Å². The normalized spacial score (nSPS) is 18.6. The van der Waals surface area contributed by atoms with Gasteiger partial charge in [-0.15, -0.1) is 0 Å². The highest BCUT2D eigenvalue weighted by molar-refractivity contribution is 6.03. The maximum atomic E-state index is 11.5. The third-order valence-corrected chi connectivity index (χ3v) is 3.46. The van der Waals surface area contributed by atoms with Crippen molar-refractivity contribution >= 4 is 22.7 Å². The van der Waals surface area contributed by atoms with E-state index in [-0.39, 0.29) is 18.1 Å². The number of fused-ring (bicyclic) bond motifs is 1. The lowest BCUT2D eigenvalue weighted by Gasteiger charge is -2.34. The molecule has 1 saturated heterocycles. The van der Waals surface area contributed by atoms with Crippen molar-refractivity contribution in [2.75, 3.05) is 24.6 Å². The number of H-pyrrole nitrogens is 1. The summed E-state index contributed by atoms with van der Waals surface area (Å²) >= 11 is 0. The fourth-order valence-corrected chi connectivity index (χ4v) is 2.53. The molecule has 1 atom stereocenters. The minimum atomic E-state index is -1.04. The van der Waals surface area contributed by atoms with E-state index in [2.05, 4.69) is 21.3 Å². The number of rotatable bonds is 3. The number of hydrogen-bond donors (Lipinski definition) is 2. The highest BCUT2D eigenvalue weighted by Crippen LogP contribution is 2.30. The van der Waals surface area contributed by atoms with E-state index >= 15 is 0 Å². The van der Waals surface area contributed by atoms with E-state index in [1.165, 1.54) is 6.20 Å². The van der Waals surface area contributed by atoms with Gasteiger partial charge in [0, 0.05) is 19.3 Å². The Morgan fingerprint density at radius 2 is 2.48 bits per heavy atom. The summed E-state index contributed by atoms with van der Waals surface area (Å²) in [5.74, 6) is -1.04. The fraction of sp³-hybridized carbons (Fsp3) is 0.385. The molecule has 108 valence electrons. The van der Waals surface area contributed by atoms with Crippen LogP contribution in [0.15, 0.2) is 12.4 Å². The summed E-state index contributed by atoms with van der Waals surface area (Å²) in [5.41, 5.74) is 1.24. The molecule has 0 radical (unpaired) electrons. The van der Waals surface area contributed by atoms with Crippen molar-refractivity contribution in [2.24, 2.45) is 0 Å². The van der Waals surface area contributed by atoms with Gasteiger partial charge in [-0.25, -0.2) is 9.78 Å². The molecule has 1 aliphatic heterocycles. The Hall–Kier alpha value is -2.66.